The van der Waals surface area contributed by atoms with Crippen LogP contribution in [0.25, 0.3) is 0 Å². The van der Waals surface area contributed by atoms with Crippen molar-refractivity contribution in [3.05, 3.63) is 101 Å². The van der Waals surface area contributed by atoms with Crippen LogP contribution in [-0.4, -0.2) is 243 Å². The summed E-state index contributed by atoms with van der Waals surface area (Å²) in [6.07, 6.45) is -8.81. The van der Waals surface area contributed by atoms with E-state index in [1.165, 1.54) is 96.5 Å². The molecule has 716 valence electrons. The average molecular weight is 1860 g/mol. The van der Waals surface area contributed by atoms with Gasteiger partial charge in [-0.15, -0.1) is 8.42 Å². The minimum Gasteiger partial charge on any atom is -0.493 e. The number of methoxy groups -OCH3 is 2. The van der Waals surface area contributed by atoms with Gasteiger partial charge >= 0.3 is 88.0 Å². The number of esters is 12. The number of carbonyl (C=O) groups is 16. The highest BCUT2D eigenvalue weighted by Gasteiger charge is 2.56. The lowest BCUT2D eigenvalue weighted by Gasteiger charge is -2.44. The number of unbranched alkanes of at least 4 members (excludes halogenated alkanes) is 2. The summed E-state index contributed by atoms with van der Waals surface area (Å²) in [5, 5.41) is 9.23. The van der Waals surface area contributed by atoms with Crippen molar-refractivity contribution in [3.8, 4) is 40.2 Å². The van der Waals surface area contributed by atoms with Crippen LogP contribution in [0.2, 0.25) is 0 Å². The molecule has 3 aliphatic rings. The van der Waals surface area contributed by atoms with Crippen molar-refractivity contribution in [1.82, 2.24) is 0 Å². The summed E-state index contributed by atoms with van der Waals surface area (Å²) >= 11 is 0. The van der Waals surface area contributed by atoms with E-state index < -0.39 is 185 Å². The van der Waals surface area contributed by atoms with E-state index in [9.17, 15) is 90.2 Å². The Morgan fingerprint density at radius 3 is 0.923 bits per heavy atom. The summed E-state index contributed by atoms with van der Waals surface area (Å²) in [5.41, 5.74) is 0.702. The van der Waals surface area contributed by atoms with E-state index in [0.29, 0.717) is 57.5 Å². The number of hydrogen-bond acceptors (Lipinski definition) is 39. The van der Waals surface area contributed by atoms with Crippen molar-refractivity contribution in [2.24, 2.45) is 17.8 Å². The third-order valence-corrected chi connectivity index (χ3v) is 20.1. The second-order valence-electron chi connectivity index (χ2n) is 30.0. The maximum Gasteiger partial charge on any atom is 0.501 e. The van der Waals surface area contributed by atoms with Crippen LogP contribution < -0.4 is 32.1 Å². The summed E-state index contributed by atoms with van der Waals surface area (Å²) in [4.78, 5) is 192. The Hall–Kier alpha value is -12.5. The lowest BCUT2D eigenvalue weighted by atomic mass is 9.80. The number of hydrogen-bond donors (Lipinski definition) is 1. The van der Waals surface area contributed by atoms with E-state index in [1.807, 2.05) is 6.92 Å². The van der Waals surface area contributed by atoms with Gasteiger partial charge in [0.25, 0.3) is 0 Å². The number of rotatable bonds is 45. The highest BCUT2D eigenvalue weighted by Crippen LogP contribution is 2.43. The van der Waals surface area contributed by atoms with Crippen molar-refractivity contribution < 1.29 is 189 Å². The smallest absolute Gasteiger partial charge is 0.493 e. The summed E-state index contributed by atoms with van der Waals surface area (Å²) < 4.78 is 142. The summed E-state index contributed by atoms with van der Waals surface area (Å²) in [6, 6.07) is 17.5. The Morgan fingerprint density at radius 1 is 0.346 bits per heavy atom. The maximum absolute atomic E-state index is 13.2. The van der Waals surface area contributed by atoms with Crippen LogP contribution in [0.5, 0.6) is 40.2 Å². The first-order valence-electron chi connectivity index (χ1n) is 41.6. The molecule has 3 fully saturated rings. The molecule has 4 aromatic carbocycles. The van der Waals surface area contributed by atoms with Gasteiger partial charge < -0.3 is 103 Å². The standard InChI is InChI=1S/C36H44O16S.C30H42O12.C23H28O12/c1-6-7-16-45-17-8-9-30(42)27-12-15-31(32(18-27)52-53(43,44)51-29-13-10-26(20-37)11-14-29)50-33-19-28(21-46-22(2)38)34(47-23(3)39)36(49-25(5)41)35(33)48-24(4)40;1-7-8-13-37-14-9-10-24(35)22-11-12-25(26(15-22)36-6)42-27-16-23(17-38-18(2)31)28(39-19(3)32)30(41-21(5)34)29(27)40-20(4)33;1-11(24)31-10-16-9-19(35-17-7-6-15(23(28)29)8-18(17)30-5)21(33-13(3)26)22(34-14(4)27)20(16)32-12(2)25/h10-15,18,20,28,33-36H,6-9,16-17,19,21H2,1-5H3;11-12,15,23,27-30H,7-10,13-14,16-17H2,1-6H3;6-8,16,19-22H,9-10H2,1-5H3,(H,28,29)/t28-,33?,34+,35+,36+;23-,27?,28+,29+,30+;16-,19?,20+,21+,22+/m111/s1. The number of carboxylic acid groups (broad SMARTS) is 1. The number of ether oxygens (including phenoxy) is 19. The van der Waals surface area contributed by atoms with E-state index in [2.05, 4.69) is 6.92 Å². The molecule has 0 aromatic heterocycles. The van der Waals surface area contributed by atoms with Crippen LogP contribution in [0.1, 0.15) is 209 Å². The lowest BCUT2D eigenvalue weighted by Crippen LogP contribution is -2.60. The topological polar surface area (TPSA) is 521 Å². The number of Topliss-reactive ketones (excluding diaryl/α,β-unsaturated/α-hetero) is 2. The Morgan fingerprint density at radius 2 is 0.631 bits per heavy atom. The number of carbonyl (C=O) groups excluding carboxylic acids is 15. The van der Waals surface area contributed by atoms with Gasteiger partial charge in [-0.1, -0.05) is 26.7 Å². The normalized spacial score (nSPS) is 21.2. The van der Waals surface area contributed by atoms with Crippen LogP contribution in [0, 0.1) is 17.8 Å². The minimum atomic E-state index is -4.92. The Labute approximate surface area is 751 Å². The average Bonchev–Trinajstić information content (AvgIpc) is 0.782. The van der Waals surface area contributed by atoms with E-state index in [0.717, 1.165) is 87.1 Å². The number of ketones is 2. The fourth-order valence-electron chi connectivity index (χ4n) is 13.9. The van der Waals surface area contributed by atoms with Gasteiger partial charge in [-0.25, -0.2) is 4.79 Å². The van der Waals surface area contributed by atoms with Gasteiger partial charge in [0.15, 0.2) is 82.7 Å². The summed E-state index contributed by atoms with van der Waals surface area (Å²) in [7, 11) is -2.18. The van der Waals surface area contributed by atoms with Gasteiger partial charge in [-0.3, -0.25) is 71.9 Å². The monoisotopic (exact) mass is 1850 g/mol. The molecular formula is C89H114O40S. The van der Waals surface area contributed by atoms with E-state index in [4.69, 9.17) is 98.4 Å². The molecule has 41 heteroatoms. The SMILES string of the molecule is CCCCOCCCC(=O)c1ccc(OC2C[C@H](COC(C)=O)[C@H](OC(C)=O)[C@H](OC(C)=O)[C@H]2OC(C)=O)c(OC)c1.CCCCOCCCC(=O)c1ccc(OC2C[C@H](COC(C)=O)[C@H](OC(C)=O)[C@H](OC(C)=O)[C@H]2OC(C)=O)c(OS(=O)(=O)Oc2ccc(C=O)cc2)c1.COc1cc(C(=O)O)ccc1OC1C[C@H](COC(C)=O)[C@H](OC(C)=O)[C@H](OC(C)=O)[C@H]1OC(C)=O. The first kappa shape index (κ1) is 108. The Kier molecular flexibility index (Phi) is 44.9. The molecule has 3 aliphatic carbocycles. The Bertz CT molecular complexity index is 4650. The first-order chi connectivity index (χ1) is 61.5. The third kappa shape index (κ3) is 36.5. The molecule has 0 radical (unpaired) electrons. The van der Waals surface area contributed by atoms with Crippen LogP contribution in [0.4, 0.5) is 0 Å². The number of aromatic carboxylic acids is 1. The largest absolute Gasteiger partial charge is 0.501 e. The molecule has 3 saturated carbocycles. The van der Waals surface area contributed by atoms with Gasteiger partial charge in [-0.05, 0) is 124 Å². The van der Waals surface area contributed by atoms with Crippen LogP contribution in [0.15, 0.2) is 78.9 Å². The molecule has 0 aliphatic heterocycles. The van der Waals surface area contributed by atoms with Crippen LogP contribution >= 0.6 is 0 Å². The molecule has 0 bridgehead atoms. The van der Waals surface area contributed by atoms with E-state index in [-0.39, 0.29) is 108 Å². The van der Waals surface area contributed by atoms with E-state index in [1.54, 1.807) is 18.2 Å². The molecule has 0 saturated heterocycles. The van der Waals surface area contributed by atoms with Gasteiger partial charge in [-0.2, -0.15) is 0 Å². The predicted octanol–water partition coefficient (Wildman–Crippen LogP) is 9.23. The van der Waals surface area contributed by atoms with Crippen molar-refractivity contribution in [2.45, 2.75) is 241 Å². The fourth-order valence-corrected chi connectivity index (χ4v) is 14.7. The van der Waals surface area contributed by atoms with Crippen molar-refractivity contribution in [1.29, 1.82) is 0 Å². The molecule has 15 atom stereocenters. The molecule has 0 amide bonds. The predicted molar refractivity (Wildman–Crippen MR) is 447 cm³/mol. The van der Waals surface area contributed by atoms with Crippen molar-refractivity contribution in [3.63, 3.8) is 0 Å². The highest BCUT2D eigenvalue weighted by molar-refractivity contribution is 7.82. The second-order valence-corrected chi connectivity index (χ2v) is 31.1. The first-order valence-corrected chi connectivity index (χ1v) is 42.9. The fraction of sp³-hybridized carbons (Fsp3) is 0.551. The van der Waals surface area contributed by atoms with Crippen LogP contribution in [0.3, 0.4) is 0 Å². The van der Waals surface area contributed by atoms with E-state index >= 15 is 0 Å². The number of aldehydes is 1. The molecule has 130 heavy (non-hydrogen) atoms. The quantitative estimate of drug-likeness (QED) is 0.0141. The highest BCUT2D eigenvalue weighted by atomic mass is 32.3. The maximum atomic E-state index is 13.2. The molecule has 0 spiro atoms. The number of carboxylic acids is 1. The molecule has 3 unspecified atom stereocenters. The summed E-state index contributed by atoms with van der Waals surface area (Å²) in [6.45, 7) is 19.3. The van der Waals surface area contributed by atoms with Gasteiger partial charge in [0.2, 0.25) is 0 Å². The van der Waals surface area contributed by atoms with Gasteiger partial charge in [0.1, 0.15) is 48.7 Å². The third-order valence-electron chi connectivity index (χ3n) is 19.3. The van der Waals surface area contributed by atoms with Gasteiger partial charge in [0, 0.05) is 157 Å². The zero-order valence-electron chi connectivity index (χ0n) is 75.2. The molecular weight excluding hydrogens is 1740 g/mol. The molecule has 4 aromatic rings. The molecule has 7 rings (SSSR count). The molecule has 1 N–H and O–H groups in total. The second kappa shape index (κ2) is 54.1. The summed E-state index contributed by atoms with van der Waals surface area (Å²) in [5.74, 6) is -12.6. The lowest BCUT2D eigenvalue weighted by molar-refractivity contribution is -0.213. The van der Waals surface area contributed by atoms with Crippen molar-refractivity contribution >= 4 is 106 Å². The minimum absolute atomic E-state index is 0.0464. The van der Waals surface area contributed by atoms with Gasteiger partial charge in [0.05, 0.1) is 39.6 Å². The molecule has 40 nitrogen and oxygen atoms in total. The molecule has 0 heterocycles. The Balaban J connectivity index is 0.000000353. The zero-order valence-corrected chi connectivity index (χ0v) is 76.1. The van der Waals surface area contributed by atoms with Crippen LogP contribution in [-0.2, 0) is 134 Å². The van der Waals surface area contributed by atoms with Crippen molar-refractivity contribution in [2.75, 3.05) is 60.5 Å². The zero-order chi connectivity index (χ0) is 96.6. The number of benzene rings is 4.